The number of amides is 1. The first-order chi connectivity index (χ1) is 7.99. The number of nitrogens with two attached hydrogens (primary N) is 2. The molecular formula is C10H11ClFN3O2. The van der Waals surface area contributed by atoms with E-state index in [1.807, 2.05) is 0 Å². The number of benzene rings is 1. The molecule has 0 aliphatic heterocycles. The van der Waals surface area contributed by atoms with Gasteiger partial charge in [0, 0.05) is 5.56 Å². The summed E-state index contributed by atoms with van der Waals surface area (Å²) in [6, 6.07) is 2.60. The highest BCUT2D eigenvalue weighted by Gasteiger charge is 2.14. The van der Waals surface area contributed by atoms with E-state index in [9.17, 15) is 9.18 Å². The lowest BCUT2D eigenvalue weighted by Gasteiger charge is -2.08. The number of methoxy groups -OCH3 is 1. The van der Waals surface area contributed by atoms with E-state index < -0.39 is 12.6 Å². The van der Waals surface area contributed by atoms with Gasteiger partial charge in [0.25, 0.3) is 5.91 Å². The molecule has 4 N–H and O–H groups in total. The Kier molecular flexibility index (Phi) is 4.28. The number of guanidine groups is 1. The van der Waals surface area contributed by atoms with Crippen LogP contribution in [-0.4, -0.2) is 19.0 Å². The Bertz CT molecular complexity index is 473. The van der Waals surface area contributed by atoms with Crippen molar-refractivity contribution in [1.29, 1.82) is 0 Å². The van der Waals surface area contributed by atoms with E-state index in [4.69, 9.17) is 27.8 Å². The summed E-state index contributed by atoms with van der Waals surface area (Å²) < 4.78 is 17.6. The Balaban J connectivity index is 3.26. The smallest absolute Gasteiger partial charge is 0.281 e. The molecule has 7 heteroatoms. The Morgan fingerprint density at radius 3 is 2.65 bits per heavy atom. The van der Waals surface area contributed by atoms with Gasteiger partial charge in [0.15, 0.2) is 5.96 Å². The van der Waals surface area contributed by atoms with Crippen molar-refractivity contribution in [3.63, 3.8) is 0 Å². The molecule has 0 aliphatic rings. The molecule has 1 aromatic rings. The molecule has 1 aromatic carbocycles. The van der Waals surface area contributed by atoms with Crippen LogP contribution in [-0.2, 0) is 6.67 Å². The maximum atomic E-state index is 12.7. The highest BCUT2D eigenvalue weighted by atomic mass is 35.5. The number of alkyl halides is 1. The topological polar surface area (TPSA) is 90.7 Å². The molecular weight excluding hydrogens is 249 g/mol. The third-order valence-electron chi connectivity index (χ3n) is 1.98. The predicted molar refractivity (Wildman–Crippen MR) is 63.0 cm³/mol. The Labute approximate surface area is 102 Å². The predicted octanol–water partition coefficient (Wildman–Crippen LogP) is 1.23. The van der Waals surface area contributed by atoms with Crippen LogP contribution in [0.1, 0.15) is 15.9 Å². The van der Waals surface area contributed by atoms with Gasteiger partial charge in [-0.05, 0) is 12.1 Å². The van der Waals surface area contributed by atoms with Gasteiger partial charge >= 0.3 is 0 Å². The summed E-state index contributed by atoms with van der Waals surface area (Å²) in [5, 5.41) is 0.0917. The minimum atomic E-state index is -0.789. The van der Waals surface area contributed by atoms with Crippen LogP contribution in [0.15, 0.2) is 17.1 Å². The summed E-state index contributed by atoms with van der Waals surface area (Å²) in [6.07, 6.45) is 0. The molecule has 0 saturated carbocycles. The monoisotopic (exact) mass is 259 g/mol. The maximum Gasteiger partial charge on any atom is 0.281 e. The number of carbonyl (C=O) groups excluding carboxylic acids is 1. The van der Waals surface area contributed by atoms with Crippen LogP contribution in [0.25, 0.3) is 0 Å². The molecule has 1 amide bonds. The summed E-state index contributed by atoms with van der Waals surface area (Å²) in [5.74, 6) is -0.852. The van der Waals surface area contributed by atoms with Gasteiger partial charge in [0.1, 0.15) is 12.4 Å². The first kappa shape index (κ1) is 13.2. The van der Waals surface area contributed by atoms with Crippen molar-refractivity contribution in [2.75, 3.05) is 7.11 Å². The molecule has 92 valence electrons. The number of aliphatic imine (C=N–C) groups is 1. The molecule has 5 nitrogen and oxygen atoms in total. The van der Waals surface area contributed by atoms with Crippen LogP contribution in [0.5, 0.6) is 5.75 Å². The first-order valence-electron chi connectivity index (χ1n) is 4.56. The molecule has 17 heavy (non-hydrogen) atoms. The highest BCUT2D eigenvalue weighted by molar-refractivity contribution is 6.34. The number of hydrogen-bond acceptors (Lipinski definition) is 2. The Morgan fingerprint density at radius 1 is 1.53 bits per heavy atom. The zero-order chi connectivity index (χ0) is 13.0. The van der Waals surface area contributed by atoms with Gasteiger partial charge in [0.05, 0.1) is 17.7 Å². The highest BCUT2D eigenvalue weighted by Crippen LogP contribution is 2.28. The van der Waals surface area contributed by atoms with Crippen molar-refractivity contribution in [3.05, 3.63) is 28.3 Å². The number of halogens is 2. The largest absolute Gasteiger partial charge is 0.496 e. The van der Waals surface area contributed by atoms with Crippen molar-refractivity contribution >= 4 is 23.5 Å². The third kappa shape index (κ3) is 3.07. The normalized spacial score (nSPS) is 9.82. The van der Waals surface area contributed by atoms with Gasteiger partial charge in [-0.3, -0.25) is 4.79 Å². The van der Waals surface area contributed by atoms with Gasteiger partial charge in [-0.1, -0.05) is 11.6 Å². The molecule has 1 rings (SSSR count). The fraction of sp³-hybridized carbons (Fsp3) is 0.200. The molecule has 0 saturated heterocycles. The Hall–Kier alpha value is -1.82. The number of hydrogen-bond donors (Lipinski definition) is 2. The van der Waals surface area contributed by atoms with Crippen molar-refractivity contribution < 1.29 is 13.9 Å². The number of ether oxygens (including phenoxy) is 1. The average Bonchev–Trinajstić information content (AvgIpc) is 2.27. The zero-order valence-corrected chi connectivity index (χ0v) is 9.79. The minimum absolute atomic E-state index is 0.0218. The lowest BCUT2D eigenvalue weighted by atomic mass is 10.1. The maximum absolute atomic E-state index is 12.7. The summed E-state index contributed by atoms with van der Waals surface area (Å²) in [5.41, 5.74) is 10.4. The van der Waals surface area contributed by atoms with Crippen molar-refractivity contribution in [3.8, 4) is 5.75 Å². The van der Waals surface area contributed by atoms with Crippen LogP contribution in [0.3, 0.4) is 0 Å². The molecule has 0 unspecified atom stereocenters. The SMILES string of the molecule is COc1cc(Cl)c(C(=O)N=C(N)N)cc1CF. The average molecular weight is 260 g/mol. The third-order valence-corrected chi connectivity index (χ3v) is 2.29. The minimum Gasteiger partial charge on any atom is -0.496 e. The molecule has 0 radical (unpaired) electrons. The Morgan fingerprint density at radius 2 is 2.18 bits per heavy atom. The van der Waals surface area contributed by atoms with Crippen LogP contribution >= 0.6 is 11.6 Å². The van der Waals surface area contributed by atoms with Gasteiger partial charge < -0.3 is 16.2 Å². The van der Waals surface area contributed by atoms with Gasteiger partial charge in [0.2, 0.25) is 0 Å². The van der Waals surface area contributed by atoms with E-state index in [1.54, 1.807) is 0 Å². The summed E-state index contributed by atoms with van der Waals surface area (Å²) in [4.78, 5) is 14.9. The fourth-order valence-corrected chi connectivity index (χ4v) is 1.47. The number of carbonyl (C=O) groups is 1. The molecule has 0 fully saturated rings. The summed E-state index contributed by atoms with van der Waals surface area (Å²) in [6.45, 7) is -0.789. The number of rotatable bonds is 3. The molecule has 0 heterocycles. The molecule has 0 aromatic heterocycles. The van der Waals surface area contributed by atoms with E-state index >= 15 is 0 Å². The first-order valence-corrected chi connectivity index (χ1v) is 4.93. The quantitative estimate of drug-likeness (QED) is 0.631. The van der Waals surface area contributed by atoms with Crippen molar-refractivity contribution in [2.24, 2.45) is 16.5 Å². The van der Waals surface area contributed by atoms with Crippen molar-refractivity contribution in [1.82, 2.24) is 0 Å². The lowest BCUT2D eigenvalue weighted by Crippen LogP contribution is -2.24. The lowest BCUT2D eigenvalue weighted by molar-refractivity contribution is 0.100. The van der Waals surface area contributed by atoms with E-state index in [0.29, 0.717) is 0 Å². The summed E-state index contributed by atoms with van der Waals surface area (Å²) >= 11 is 5.84. The van der Waals surface area contributed by atoms with E-state index in [0.717, 1.165) is 0 Å². The number of nitrogens with zero attached hydrogens (tertiary/aromatic N) is 1. The summed E-state index contributed by atoms with van der Waals surface area (Å²) in [7, 11) is 1.38. The second-order valence-corrected chi connectivity index (χ2v) is 3.53. The fourth-order valence-electron chi connectivity index (χ4n) is 1.24. The molecule has 0 spiro atoms. The van der Waals surface area contributed by atoms with E-state index in [-0.39, 0.29) is 27.9 Å². The van der Waals surface area contributed by atoms with Gasteiger partial charge in [-0.2, -0.15) is 4.99 Å². The van der Waals surface area contributed by atoms with Crippen LogP contribution in [0, 0.1) is 0 Å². The second-order valence-electron chi connectivity index (χ2n) is 3.12. The van der Waals surface area contributed by atoms with Crippen molar-refractivity contribution in [2.45, 2.75) is 6.67 Å². The van der Waals surface area contributed by atoms with Crippen LogP contribution in [0.2, 0.25) is 5.02 Å². The molecule has 0 bridgehead atoms. The molecule has 0 aliphatic carbocycles. The van der Waals surface area contributed by atoms with E-state index in [1.165, 1.54) is 19.2 Å². The van der Waals surface area contributed by atoms with Crippen LogP contribution in [0.4, 0.5) is 4.39 Å². The van der Waals surface area contributed by atoms with Gasteiger partial charge in [-0.25, -0.2) is 4.39 Å². The molecule has 0 atom stereocenters. The zero-order valence-electron chi connectivity index (χ0n) is 9.04. The van der Waals surface area contributed by atoms with Gasteiger partial charge in [-0.15, -0.1) is 0 Å². The standard InChI is InChI=1S/C10H11ClFN3O2/c1-17-8-3-7(11)6(2-5(8)4-12)9(16)15-10(13)14/h2-3H,4H2,1H3,(H4,13,14,15,16). The second kappa shape index (κ2) is 5.49. The van der Waals surface area contributed by atoms with E-state index in [2.05, 4.69) is 4.99 Å². The van der Waals surface area contributed by atoms with Crippen LogP contribution < -0.4 is 16.2 Å².